The largest absolute Gasteiger partial charge is 0.493 e. The molecule has 0 N–H and O–H groups in total. The Bertz CT molecular complexity index is 240. The normalized spacial score (nSPS) is 9.83. The van der Waals surface area contributed by atoms with E-state index in [1.54, 1.807) is 12.1 Å². The lowest BCUT2D eigenvalue weighted by atomic mass is 10.3. The third-order valence-corrected chi connectivity index (χ3v) is 1.90. The Hall–Kier alpha value is -0.570. The third-order valence-electron chi connectivity index (χ3n) is 1.34. The highest BCUT2D eigenvalue weighted by atomic mass is 79.9. The van der Waals surface area contributed by atoms with Crippen LogP contribution in [0, 0.1) is 5.82 Å². The minimum absolute atomic E-state index is 0.258. The van der Waals surface area contributed by atoms with Crippen LogP contribution in [0.3, 0.4) is 0 Å². The van der Waals surface area contributed by atoms with Crippen LogP contribution in [0.15, 0.2) is 24.3 Å². The first kappa shape index (κ1) is 9.52. The third kappa shape index (κ3) is 3.22. The van der Waals surface area contributed by atoms with Crippen molar-refractivity contribution in [3.05, 3.63) is 30.1 Å². The van der Waals surface area contributed by atoms with Crippen LogP contribution in [0.5, 0.6) is 5.75 Å². The van der Waals surface area contributed by atoms with Crippen LogP contribution in [-0.2, 0) is 0 Å². The number of halogens is 2. The summed E-state index contributed by atoms with van der Waals surface area (Å²) in [6.45, 7) is 0.620. The molecule has 0 aromatic heterocycles. The second-order valence-corrected chi connectivity index (χ2v) is 3.14. The van der Waals surface area contributed by atoms with E-state index in [2.05, 4.69) is 15.9 Å². The highest BCUT2D eigenvalue weighted by Gasteiger charge is 1.94. The lowest BCUT2D eigenvalue weighted by molar-refractivity contribution is 0.317. The van der Waals surface area contributed by atoms with E-state index in [0.29, 0.717) is 12.4 Å². The minimum atomic E-state index is -0.258. The maximum atomic E-state index is 12.6. The highest BCUT2D eigenvalue weighted by Crippen LogP contribution is 2.11. The van der Waals surface area contributed by atoms with Gasteiger partial charge in [0.05, 0.1) is 6.61 Å². The highest BCUT2D eigenvalue weighted by molar-refractivity contribution is 9.09. The van der Waals surface area contributed by atoms with Crippen LogP contribution in [0.2, 0.25) is 0 Å². The van der Waals surface area contributed by atoms with Crippen LogP contribution in [0.1, 0.15) is 6.42 Å². The quantitative estimate of drug-likeness (QED) is 0.573. The fraction of sp³-hybridized carbons (Fsp3) is 0.333. The maximum absolute atomic E-state index is 12.6. The molecule has 0 saturated heterocycles. The standard InChI is InChI=1S/C9H10BrFO/c10-5-2-6-12-9-4-1-3-8(11)7-9/h1,3-4,7H,2,5-6H2. The maximum Gasteiger partial charge on any atom is 0.126 e. The SMILES string of the molecule is Fc1cccc(OCCCBr)c1. The molecular weight excluding hydrogens is 223 g/mol. The summed E-state index contributed by atoms with van der Waals surface area (Å²) in [5.74, 6) is 0.335. The molecule has 0 atom stereocenters. The fourth-order valence-corrected chi connectivity index (χ4v) is 1.03. The molecule has 66 valence electrons. The molecule has 1 rings (SSSR count). The summed E-state index contributed by atoms with van der Waals surface area (Å²) < 4.78 is 17.8. The van der Waals surface area contributed by atoms with Gasteiger partial charge < -0.3 is 4.74 Å². The number of alkyl halides is 1. The van der Waals surface area contributed by atoms with Gasteiger partial charge in [-0.05, 0) is 18.6 Å². The molecule has 0 aliphatic carbocycles. The zero-order valence-electron chi connectivity index (χ0n) is 6.59. The van der Waals surface area contributed by atoms with Crippen molar-refractivity contribution >= 4 is 15.9 Å². The summed E-state index contributed by atoms with van der Waals surface area (Å²) in [6.07, 6.45) is 0.927. The topological polar surface area (TPSA) is 9.23 Å². The van der Waals surface area contributed by atoms with E-state index >= 15 is 0 Å². The Morgan fingerprint density at radius 3 is 2.92 bits per heavy atom. The van der Waals surface area contributed by atoms with Gasteiger partial charge in [0.15, 0.2) is 0 Å². The van der Waals surface area contributed by atoms with Gasteiger partial charge in [0.1, 0.15) is 11.6 Å². The first-order valence-electron chi connectivity index (χ1n) is 3.77. The van der Waals surface area contributed by atoms with Crippen molar-refractivity contribution in [2.75, 3.05) is 11.9 Å². The van der Waals surface area contributed by atoms with Gasteiger partial charge in [0.2, 0.25) is 0 Å². The van der Waals surface area contributed by atoms with Crippen LogP contribution < -0.4 is 4.74 Å². The number of hydrogen-bond acceptors (Lipinski definition) is 1. The molecule has 0 spiro atoms. The van der Waals surface area contributed by atoms with Gasteiger partial charge in [-0.25, -0.2) is 4.39 Å². The molecule has 1 aromatic carbocycles. The number of benzene rings is 1. The van der Waals surface area contributed by atoms with Gasteiger partial charge in [0, 0.05) is 11.4 Å². The van der Waals surface area contributed by atoms with Crippen LogP contribution in [0.25, 0.3) is 0 Å². The molecule has 12 heavy (non-hydrogen) atoms. The van der Waals surface area contributed by atoms with Crippen molar-refractivity contribution in [3.8, 4) is 5.75 Å². The van der Waals surface area contributed by atoms with E-state index in [1.807, 2.05) is 0 Å². The average Bonchev–Trinajstić information content (AvgIpc) is 2.05. The van der Waals surface area contributed by atoms with Crippen molar-refractivity contribution in [1.29, 1.82) is 0 Å². The molecule has 0 amide bonds. The molecule has 0 heterocycles. The average molecular weight is 233 g/mol. The summed E-state index contributed by atoms with van der Waals surface area (Å²) in [6, 6.07) is 6.17. The number of rotatable bonds is 4. The molecule has 0 fully saturated rings. The Balaban J connectivity index is 2.41. The van der Waals surface area contributed by atoms with E-state index in [4.69, 9.17) is 4.74 Å². The molecule has 0 aliphatic heterocycles. The first-order valence-corrected chi connectivity index (χ1v) is 4.89. The molecule has 1 nitrogen and oxygen atoms in total. The van der Waals surface area contributed by atoms with Crippen molar-refractivity contribution in [1.82, 2.24) is 0 Å². The van der Waals surface area contributed by atoms with Crippen molar-refractivity contribution in [3.63, 3.8) is 0 Å². The minimum Gasteiger partial charge on any atom is -0.493 e. The molecule has 0 unspecified atom stereocenters. The van der Waals surface area contributed by atoms with Crippen LogP contribution in [-0.4, -0.2) is 11.9 Å². The lowest BCUT2D eigenvalue weighted by Gasteiger charge is -2.03. The predicted octanol–water partition coefficient (Wildman–Crippen LogP) is 2.99. The summed E-state index contributed by atoms with van der Waals surface area (Å²) >= 11 is 3.28. The van der Waals surface area contributed by atoms with Gasteiger partial charge in [-0.2, -0.15) is 0 Å². The van der Waals surface area contributed by atoms with Gasteiger partial charge in [-0.3, -0.25) is 0 Å². The molecular formula is C9H10BrFO. The Morgan fingerprint density at radius 2 is 2.25 bits per heavy atom. The second kappa shape index (κ2) is 5.14. The first-order chi connectivity index (χ1) is 5.83. The van der Waals surface area contributed by atoms with E-state index in [0.717, 1.165) is 11.8 Å². The van der Waals surface area contributed by atoms with Crippen molar-refractivity contribution in [2.45, 2.75) is 6.42 Å². The summed E-state index contributed by atoms with van der Waals surface area (Å²) in [5.41, 5.74) is 0. The smallest absolute Gasteiger partial charge is 0.126 e. The van der Waals surface area contributed by atoms with Crippen molar-refractivity contribution < 1.29 is 9.13 Å². The Labute approximate surface area is 79.7 Å². The zero-order valence-corrected chi connectivity index (χ0v) is 8.18. The van der Waals surface area contributed by atoms with Crippen LogP contribution in [0.4, 0.5) is 4.39 Å². The van der Waals surface area contributed by atoms with E-state index in [-0.39, 0.29) is 5.82 Å². The Morgan fingerprint density at radius 1 is 1.42 bits per heavy atom. The molecule has 0 bridgehead atoms. The molecule has 0 saturated carbocycles. The van der Waals surface area contributed by atoms with E-state index in [1.165, 1.54) is 12.1 Å². The summed E-state index contributed by atoms with van der Waals surface area (Å²) in [7, 11) is 0. The summed E-state index contributed by atoms with van der Waals surface area (Å²) in [5, 5.41) is 0.905. The zero-order chi connectivity index (χ0) is 8.81. The molecule has 0 aliphatic rings. The predicted molar refractivity (Wildman–Crippen MR) is 50.3 cm³/mol. The second-order valence-electron chi connectivity index (χ2n) is 2.35. The van der Waals surface area contributed by atoms with E-state index in [9.17, 15) is 4.39 Å². The molecule has 1 aromatic rings. The summed E-state index contributed by atoms with van der Waals surface area (Å²) in [4.78, 5) is 0. The fourth-order valence-electron chi connectivity index (χ4n) is 0.801. The number of hydrogen-bond donors (Lipinski definition) is 0. The van der Waals surface area contributed by atoms with Crippen molar-refractivity contribution in [2.24, 2.45) is 0 Å². The van der Waals surface area contributed by atoms with Gasteiger partial charge in [-0.1, -0.05) is 22.0 Å². The van der Waals surface area contributed by atoms with E-state index < -0.39 is 0 Å². The monoisotopic (exact) mass is 232 g/mol. The lowest BCUT2D eigenvalue weighted by Crippen LogP contribution is -1.97. The molecule has 3 heteroatoms. The van der Waals surface area contributed by atoms with Gasteiger partial charge in [-0.15, -0.1) is 0 Å². The van der Waals surface area contributed by atoms with Gasteiger partial charge >= 0.3 is 0 Å². The number of ether oxygens (including phenoxy) is 1. The Kier molecular flexibility index (Phi) is 4.08. The van der Waals surface area contributed by atoms with Gasteiger partial charge in [0.25, 0.3) is 0 Å². The molecule has 0 radical (unpaired) electrons. The van der Waals surface area contributed by atoms with Crippen LogP contribution >= 0.6 is 15.9 Å².